The minimum Gasteiger partial charge on any atom is -0.481 e. The number of nitrogens with two attached hydrogens (primary N) is 1. The minimum atomic E-state index is -1.98. The van der Waals surface area contributed by atoms with Gasteiger partial charge in [0.2, 0.25) is 11.8 Å². The second kappa shape index (κ2) is 7.81. The van der Waals surface area contributed by atoms with Crippen LogP contribution in [0.15, 0.2) is 0 Å². The van der Waals surface area contributed by atoms with Gasteiger partial charge in [0.1, 0.15) is 0 Å². The molecule has 2 fully saturated rings. The number of rotatable bonds is 8. The van der Waals surface area contributed by atoms with Crippen molar-refractivity contribution < 1.29 is 34.5 Å². The Morgan fingerprint density at radius 3 is 2.37 bits per heavy atom. The average molecular weight is 385 g/mol. The van der Waals surface area contributed by atoms with E-state index in [0.29, 0.717) is 13.0 Å². The molecular formula is C17H27N3O7. The van der Waals surface area contributed by atoms with Gasteiger partial charge in [0, 0.05) is 31.1 Å². The normalized spacial score (nSPS) is 32.3. The van der Waals surface area contributed by atoms with Crippen molar-refractivity contribution in [2.75, 3.05) is 6.54 Å². The lowest BCUT2D eigenvalue weighted by Crippen LogP contribution is -2.65. The van der Waals surface area contributed by atoms with E-state index < -0.39 is 53.1 Å². The van der Waals surface area contributed by atoms with Crippen LogP contribution in [0.2, 0.25) is 0 Å². The molecule has 0 aromatic heterocycles. The van der Waals surface area contributed by atoms with Crippen LogP contribution in [0, 0.1) is 23.7 Å². The summed E-state index contributed by atoms with van der Waals surface area (Å²) in [5, 5.41) is 30.2. The number of aliphatic carboxylic acids is 2. The first-order valence-electron chi connectivity index (χ1n) is 9.08. The number of hydrogen-bond acceptors (Lipinski definition) is 6. The monoisotopic (exact) mass is 385 g/mol. The van der Waals surface area contributed by atoms with Crippen molar-refractivity contribution in [2.24, 2.45) is 29.4 Å². The Labute approximate surface area is 156 Å². The molecule has 0 aliphatic heterocycles. The molecule has 2 saturated carbocycles. The van der Waals surface area contributed by atoms with Gasteiger partial charge in [-0.1, -0.05) is 13.8 Å². The lowest BCUT2D eigenvalue weighted by atomic mass is 9.88. The van der Waals surface area contributed by atoms with Gasteiger partial charge in [-0.2, -0.15) is 0 Å². The van der Waals surface area contributed by atoms with Gasteiger partial charge >= 0.3 is 11.9 Å². The summed E-state index contributed by atoms with van der Waals surface area (Å²) in [4.78, 5) is 48.4. The predicted molar refractivity (Wildman–Crippen MR) is 91.8 cm³/mol. The number of carbonyl (C=O) groups excluding carboxylic acids is 2. The molecule has 2 aliphatic rings. The summed E-state index contributed by atoms with van der Waals surface area (Å²) in [7, 11) is 0. The Kier molecular flexibility index (Phi) is 6.10. The van der Waals surface area contributed by atoms with E-state index in [9.17, 15) is 34.5 Å². The smallest absolute Gasteiger partial charge is 0.332 e. The van der Waals surface area contributed by atoms with E-state index in [0.717, 1.165) is 5.01 Å². The molecule has 0 bridgehead atoms. The molecule has 0 heterocycles. The van der Waals surface area contributed by atoms with Crippen LogP contribution < -0.4 is 11.2 Å². The van der Waals surface area contributed by atoms with Crippen LogP contribution in [0.25, 0.3) is 0 Å². The molecule has 2 aliphatic carbocycles. The number of amides is 2. The molecule has 2 rings (SSSR count). The van der Waals surface area contributed by atoms with E-state index in [1.165, 1.54) is 6.92 Å². The number of carboxylic acids is 2. The van der Waals surface area contributed by atoms with E-state index in [2.05, 4.69) is 5.43 Å². The molecule has 0 aromatic carbocycles. The maximum Gasteiger partial charge on any atom is 0.332 e. The molecular weight excluding hydrogens is 358 g/mol. The third-order valence-electron chi connectivity index (χ3n) is 5.70. The molecule has 0 aromatic rings. The van der Waals surface area contributed by atoms with E-state index in [1.54, 1.807) is 0 Å². The fourth-order valence-corrected chi connectivity index (χ4v) is 4.12. The number of hydrogen-bond donors (Lipinski definition) is 5. The molecule has 1 unspecified atom stereocenters. The Balaban J connectivity index is 2.30. The molecule has 6 atom stereocenters. The highest BCUT2D eigenvalue weighted by Gasteiger charge is 2.77. The number of nitrogens with one attached hydrogen (secondary N) is 1. The Bertz CT molecular complexity index is 640. The molecule has 2 amide bonds. The van der Waals surface area contributed by atoms with Crippen LogP contribution >= 0.6 is 0 Å². The van der Waals surface area contributed by atoms with Crippen LogP contribution in [0.5, 0.6) is 0 Å². The Morgan fingerprint density at radius 1 is 1.30 bits per heavy atom. The maximum absolute atomic E-state index is 12.5. The fraction of sp³-hybridized carbons (Fsp3) is 0.765. The van der Waals surface area contributed by atoms with E-state index in [4.69, 9.17) is 5.73 Å². The van der Waals surface area contributed by atoms with E-state index in [-0.39, 0.29) is 25.2 Å². The molecule has 6 N–H and O–H groups in total. The Hall–Kier alpha value is -2.20. The fourth-order valence-electron chi connectivity index (χ4n) is 4.12. The minimum absolute atomic E-state index is 0.0422. The molecule has 0 saturated heterocycles. The molecule has 152 valence electrons. The second-order valence-corrected chi connectivity index (χ2v) is 7.47. The number of carbonyl (C=O) groups is 4. The van der Waals surface area contributed by atoms with Crippen LogP contribution in [0.4, 0.5) is 0 Å². The first kappa shape index (κ1) is 21.1. The molecule has 27 heavy (non-hydrogen) atoms. The zero-order valence-electron chi connectivity index (χ0n) is 15.4. The largest absolute Gasteiger partial charge is 0.481 e. The average Bonchev–Trinajstić information content (AvgIpc) is 3.30. The van der Waals surface area contributed by atoms with Crippen LogP contribution in [0.1, 0.15) is 39.5 Å². The summed E-state index contributed by atoms with van der Waals surface area (Å²) in [6, 6.07) is 0. The van der Waals surface area contributed by atoms with Crippen molar-refractivity contribution in [3.8, 4) is 0 Å². The first-order chi connectivity index (χ1) is 12.6. The summed E-state index contributed by atoms with van der Waals surface area (Å²) >= 11 is 0. The number of carboxylic acid groups (broad SMARTS) is 2. The quantitative estimate of drug-likeness (QED) is 0.337. The van der Waals surface area contributed by atoms with Crippen LogP contribution in [0.3, 0.4) is 0 Å². The van der Waals surface area contributed by atoms with E-state index >= 15 is 0 Å². The molecule has 10 heteroatoms. The predicted octanol–water partition coefficient (Wildman–Crippen LogP) is -0.834. The summed E-state index contributed by atoms with van der Waals surface area (Å²) in [5.41, 5.74) is 5.91. The summed E-state index contributed by atoms with van der Waals surface area (Å²) in [6.07, 6.45) is -1.08. The van der Waals surface area contributed by atoms with Gasteiger partial charge in [-0.3, -0.25) is 19.8 Å². The lowest BCUT2D eigenvalue weighted by molar-refractivity contribution is -0.169. The second-order valence-electron chi connectivity index (χ2n) is 7.47. The molecule has 10 nitrogen and oxygen atoms in total. The van der Waals surface area contributed by atoms with Gasteiger partial charge in [-0.15, -0.1) is 0 Å². The van der Waals surface area contributed by atoms with Gasteiger partial charge in [-0.25, -0.2) is 9.80 Å². The van der Waals surface area contributed by atoms with Crippen LogP contribution in [-0.4, -0.2) is 62.3 Å². The SMILES string of the molecule is CCC(=O)N(NC(=O)CCC(C)CN)[C@@]1(C(=O)O)C[C@H](O)[C@H]2[C@H](C(=O)O)[C@H]21. The highest BCUT2D eigenvalue weighted by atomic mass is 16.4. The number of nitrogens with zero attached hydrogens (tertiary/aromatic N) is 1. The van der Waals surface area contributed by atoms with Gasteiger partial charge in [0.15, 0.2) is 5.54 Å². The third kappa shape index (κ3) is 3.63. The number of aliphatic hydroxyl groups excluding tert-OH is 1. The standard InChI is InChI=1S/C17H27N3O7/c1-3-11(23)20(19-10(22)5-4-8(2)7-18)17(16(26)27)6-9(21)12-13(14(12)17)15(24)25/h8-9,12-14,21H,3-7,18H2,1-2H3,(H,19,22)(H,24,25)(H,26,27)/t8?,9-,12-,13-,14-,17-/m0/s1. The number of hydrazine groups is 1. The number of fused-ring (bicyclic) bond motifs is 1. The van der Waals surface area contributed by atoms with E-state index in [1.807, 2.05) is 6.92 Å². The summed E-state index contributed by atoms with van der Waals surface area (Å²) in [6.45, 7) is 3.76. The first-order valence-corrected chi connectivity index (χ1v) is 9.08. The van der Waals surface area contributed by atoms with Crippen molar-refractivity contribution in [3.63, 3.8) is 0 Å². The van der Waals surface area contributed by atoms with Gasteiger partial charge in [0.25, 0.3) is 0 Å². The van der Waals surface area contributed by atoms with Crippen molar-refractivity contribution in [1.82, 2.24) is 10.4 Å². The topological polar surface area (TPSA) is 170 Å². The lowest BCUT2D eigenvalue weighted by Gasteiger charge is -2.39. The Morgan fingerprint density at radius 2 is 1.93 bits per heavy atom. The summed E-state index contributed by atoms with van der Waals surface area (Å²) in [5.74, 6) is -6.55. The van der Waals surface area contributed by atoms with Gasteiger partial charge < -0.3 is 21.1 Å². The highest BCUT2D eigenvalue weighted by molar-refractivity contribution is 5.92. The summed E-state index contributed by atoms with van der Waals surface area (Å²) < 4.78 is 0. The van der Waals surface area contributed by atoms with Gasteiger partial charge in [0.05, 0.1) is 12.0 Å². The third-order valence-corrected chi connectivity index (χ3v) is 5.70. The van der Waals surface area contributed by atoms with Crippen molar-refractivity contribution >= 4 is 23.8 Å². The van der Waals surface area contributed by atoms with Gasteiger partial charge in [-0.05, 0) is 18.9 Å². The zero-order valence-corrected chi connectivity index (χ0v) is 15.4. The molecule has 0 spiro atoms. The maximum atomic E-state index is 12.5. The van der Waals surface area contributed by atoms with Crippen molar-refractivity contribution in [2.45, 2.75) is 51.2 Å². The number of aliphatic hydroxyl groups is 1. The highest BCUT2D eigenvalue weighted by Crippen LogP contribution is 2.64. The van der Waals surface area contributed by atoms with Crippen molar-refractivity contribution in [1.29, 1.82) is 0 Å². The van der Waals surface area contributed by atoms with Crippen LogP contribution in [-0.2, 0) is 19.2 Å². The zero-order chi connectivity index (χ0) is 20.5. The molecule has 0 radical (unpaired) electrons. The van der Waals surface area contributed by atoms with Crippen molar-refractivity contribution in [3.05, 3.63) is 0 Å².